The van der Waals surface area contributed by atoms with E-state index in [4.69, 9.17) is 71.1 Å². The second-order valence-electron chi connectivity index (χ2n) is 23.1. The number of rotatable bonds is 38. The third-order valence-corrected chi connectivity index (χ3v) is 18.4. The molecule has 1 saturated carbocycles. The van der Waals surface area contributed by atoms with Crippen molar-refractivity contribution in [2.45, 2.75) is 161 Å². The van der Waals surface area contributed by atoms with Crippen molar-refractivity contribution in [3.05, 3.63) is 212 Å². The molecule has 0 spiro atoms. The van der Waals surface area contributed by atoms with Crippen molar-refractivity contribution >= 4 is 28.9 Å². The van der Waals surface area contributed by atoms with Crippen LogP contribution < -0.4 is 23.7 Å². The Labute approximate surface area is 588 Å². The third kappa shape index (κ3) is 20.8. The maximum atomic E-state index is 13.5. The normalized spacial score (nSPS) is 25.9. The highest BCUT2D eigenvalue weighted by Crippen LogP contribution is 2.41. The lowest BCUT2D eigenvalue weighted by atomic mass is 9.83. The van der Waals surface area contributed by atoms with Gasteiger partial charge in [-0.05, 0) is 135 Å². The van der Waals surface area contributed by atoms with Gasteiger partial charge in [-0.3, -0.25) is 0 Å². The van der Waals surface area contributed by atoms with E-state index in [1.54, 1.807) is 130 Å². The molecule has 3 aliphatic rings. The third-order valence-electron chi connectivity index (χ3n) is 17.0. The maximum absolute atomic E-state index is 13.5. The Morgan fingerprint density at radius 2 is 0.830 bits per heavy atom. The van der Waals surface area contributed by atoms with Gasteiger partial charge in [-0.25, -0.2) is 0 Å². The first kappa shape index (κ1) is 76.7. The molecular weight excluding hydrogens is 1420 g/mol. The van der Waals surface area contributed by atoms with Crippen molar-refractivity contribution in [3.63, 3.8) is 0 Å². The number of aldehydes is 1. The molecule has 34 nitrogen and oxygen atoms in total. The van der Waals surface area contributed by atoms with Crippen LogP contribution in [0.25, 0.3) is 62.7 Å². The summed E-state index contributed by atoms with van der Waals surface area (Å²) in [6.45, 7) is 2.17. The van der Waals surface area contributed by atoms with Crippen LogP contribution in [0, 0.1) is 5.92 Å². The zero-order valence-corrected chi connectivity index (χ0v) is 57.9. The van der Waals surface area contributed by atoms with Gasteiger partial charge in [0.25, 0.3) is 0 Å². The Balaban J connectivity index is 1.24. The van der Waals surface area contributed by atoms with Gasteiger partial charge in [-0.15, -0.1) is 0 Å². The van der Waals surface area contributed by atoms with Gasteiger partial charge in [-0.1, -0.05) is 121 Å². The summed E-state index contributed by atoms with van der Waals surface area (Å²) < 4.78 is 94.9. The van der Waals surface area contributed by atoms with Crippen molar-refractivity contribution in [3.8, 4) is 28.7 Å². The van der Waals surface area contributed by atoms with Crippen LogP contribution in [0.2, 0.25) is 0 Å². The molecule has 1 aliphatic carbocycles. The lowest BCUT2D eigenvalue weighted by molar-refractivity contribution is -0.311. The van der Waals surface area contributed by atoms with Gasteiger partial charge in [0.15, 0.2) is 12.6 Å². The number of benzene rings is 5. The zero-order chi connectivity index (χ0) is 71.3. The average molecular weight is 1490 g/mol. The van der Waals surface area contributed by atoms with E-state index in [9.17, 15) is 38.0 Å². The number of hydrogen-bond acceptors (Lipinski definition) is 22. The molecule has 3 fully saturated rings. The minimum Gasteiger partial charge on any atom is -0.497 e. The molecule has 0 amide bonds. The minimum absolute atomic E-state index is 0.0471. The lowest BCUT2D eigenvalue weighted by Crippen LogP contribution is -2.64. The summed E-state index contributed by atoms with van der Waals surface area (Å²) >= 11 is 2.08. The number of carbonyl (C=O) groups is 1. The molecule has 2 aliphatic heterocycles. The SMILES string of the molecule is COc1ccc(COC2C(N=[N+]=[N-])[C@@H](O[C@@H]3C(N=[N+]=[N-])C[C@@H](N=[N+]=[N-])C(OCc4ccc(OC)cc4)C3O[C@H](C)[C@@H](OCc3ccc(OC)cc3)C(O[C@H]3OC(CN=[N+]=[N-])[C@@H](OCc4ccc(OC)cc4)C(I)C3N=[N+]=[N-])[C@H](C)C=O)OC(CN=[N+]=[N-])[C@H]2OCc2ccc(OC)cc2)cc1. The quantitative estimate of drug-likeness (QED) is 0.00884. The molecule has 0 bridgehead atoms. The van der Waals surface area contributed by atoms with E-state index in [2.05, 4.69) is 82.7 Å². The van der Waals surface area contributed by atoms with Crippen molar-refractivity contribution < 1.29 is 75.8 Å². The molecule has 0 radical (unpaired) electrons. The molecule has 5 aromatic rings. The predicted molar refractivity (Wildman–Crippen MR) is 367 cm³/mol. The van der Waals surface area contributed by atoms with Gasteiger partial charge in [0.1, 0.15) is 71.5 Å². The summed E-state index contributed by atoms with van der Waals surface area (Å²) in [5.41, 5.74) is 64.4. The van der Waals surface area contributed by atoms with Crippen molar-refractivity contribution in [2.75, 3.05) is 48.6 Å². The summed E-state index contributed by atoms with van der Waals surface area (Å²) in [7, 11) is 7.66. The number of ether oxygens (including phenoxy) is 15. The standard InChI is InChI=1S/C65H77IN18O16/c1-37(31-85)56(99-64-54(77-83-71)53(66)60(51(97-64)29-73-79-67)93-34-41-12-22-46(88-5)23-13-41)57(91-32-39-8-18-44(86-3)19-9-39)38(2)96-63-58(92-33-40-10-20-45(87-4)21-11-40)49(75-81-69)28-50(76-82-70)59(63)100-65-55(78-84-72)62(95-36-43-16-26-48(90-7)27-17-43)61(52(98-65)30-74-80-68)94-35-42-14-24-47(89-6)25-15-42/h8-27,31,37-38,49-65H,28-30,32-36H2,1-7H3/t37-,38-,49-,50?,51?,52?,53?,54?,55?,56?,57-,58?,59-,60-,61-,62?,63?,64-,65-/m1/s1. The summed E-state index contributed by atoms with van der Waals surface area (Å²) in [6.07, 6.45) is -16.7. The van der Waals surface area contributed by atoms with E-state index in [0.29, 0.717) is 57.3 Å². The zero-order valence-electron chi connectivity index (χ0n) is 55.7. The Morgan fingerprint density at radius 3 is 1.25 bits per heavy atom. The van der Waals surface area contributed by atoms with Gasteiger partial charge in [0, 0.05) is 35.4 Å². The molecule has 2 heterocycles. The molecule has 35 heteroatoms. The smallest absolute Gasteiger partial charge is 0.169 e. The van der Waals surface area contributed by atoms with Gasteiger partial charge in [-0.2, -0.15) is 0 Å². The number of halogens is 1. The fourth-order valence-corrected chi connectivity index (χ4v) is 12.9. The average Bonchev–Trinajstić information content (AvgIpc) is 0.766. The number of carbonyl (C=O) groups excluding carboxylic acids is 1. The van der Waals surface area contributed by atoms with Crippen LogP contribution in [0.5, 0.6) is 28.7 Å². The summed E-state index contributed by atoms with van der Waals surface area (Å²) in [4.78, 5) is 32.5. The number of hydrogen-bond donors (Lipinski definition) is 0. The topological polar surface area (TPSA) is 448 Å². The molecule has 100 heavy (non-hydrogen) atoms. The van der Waals surface area contributed by atoms with Gasteiger partial charge in [0.05, 0.1) is 140 Å². The van der Waals surface area contributed by atoms with Crippen LogP contribution in [-0.2, 0) is 85.2 Å². The highest BCUT2D eigenvalue weighted by atomic mass is 127. The highest BCUT2D eigenvalue weighted by Gasteiger charge is 2.55. The molecule has 19 atom stereocenters. The molecule has 5 aromatic carbocycles. The second kappa shape index (κ2) is 39.7. The molecule has 8 rings (SSSR count). The Bertz CT molecular complexity index is 3690. The van der Waals surface area contributed by atoms with Gasteiger partial charge >= 0.3 is 0 Å². The number of alkyl halides is 1. The molecule has 0 aromatic heterocycles. The van der Waals surface area contributed by atoms with Crippen molar-refractivity contribution in [1.82, 2.24) is 0 Å². The van der Waals surface area contributed by atoms with Crippen LogP contribution in [0.4, 0.5) is 0 Å². The Kier molecular flexibility index (Phi) is 30.4. The summed E-state index contributed by atoms with van der Waals surface area (Å²) in [5.74, 6) is 1.81. The first-order valence-corrected chi connectivity index (χ1v) is 32.8. The van der Waals surface area contributed by atoms with Gasteiger partial charge in [0.2, 0.25) is 0 Å². The van der Waals surface area contributed by atoms with Gasteiger partial charge < -0.3 is 75.8 Å². The van der Waals surface area contributed by atoms with E-state index in [0.717, 1.165) is 5.56 Å². The Morgan fingerprint density at radius 1 is 0.450 bits per heavy atom. The second-order valence-corrected chi connectivity index (χ2v) is 24.6. The first-order chi connectivity index (χ1) is 48.8. The van der Waals surface area contributed by atoms with E-state index in [-0.39, 0.29) is 52.5 Å². The van der Waals surface area contributed by atoms with Crippen molar-refractivity contribution in [1.29, 1.82) is 0 Å². The van der Waals surface area contributed by atoms with Crippen LogP contribution >= 0.6 is 22.6 Å². The van der Waals surface area contributed by atoms with Crippen LogP contribution in [0.1, 0.15) is 48.1 Å². The van der Waals surface area contributed by atoms with Crippen LogP contribution in [0.15, 0.2) is 152 Å². The fraction of sp³-hybridized carbons (Fsp3) is 0.523. The molecule has 10 unspecified atom stereocenters. The minimum atomic E-state index is -1.68. The van der Waals surface area contributed by atoms with E-state index in [1.165, 1.54) is 28.4 Å². The van der Waals surface area contributed by atoms with Crippen molar-refractivity contribution in [2.24, 2.45) is 36.6 Å². The number of nitrogens with zero attached hydrogens (tertiary/aromatic N) is 18. The lowest BCUT2D eigenvalue weighted by Gasteiger charge is -2.50. The molecular formula is C65H77IN18O16. The molecule has 530 valence electrons. The summed E-state index contributed by atoms with van der Waals surface area (Å²) in [6, 6.07) is 30.1. The fourth-order valence-electron chi connectivity index (χ4n) is 11.8. The molecule has 2 saturated heterocycles. The monoisotopic (exact) mass is 1490 g/mol. The molecule has 0 N–H and O–H groups in total. The van der Waals surface area contributed by atoms with E-state index in [1.807, 2.05) is 12.1 Å². The van der Waals surface area contributed by atoms with E-state index < -0.39 is 114 Å². The first-order valence-electron chi connectivity index (χ1n) is 31.6. The maximum Gasteiger partial charge on any atom is 0.169 e. The van der Waals surface area contributed by atoms with Crippen LogP contribution in [-0.4, -0.2) is 163 Å². The summed E-state index contributed by atoms with van der Waals surface area (Å²) in [5, 5.41) is 24.6. The highest BCUT2D eigenvalue weighted by molar-refractivity contribution is 14.1. The number of methoxy groups -OCH3 is 5. The largest absolute Gasteiger partial charge is 0.497 e. The predicted octanol–water partition coefficient (Wildman–Crippen LogP) is 13.3. The number of azide groups is 6. The van der Waals surface area contributed by atoms with Crippen LogP contribution in [0.3, 0.4) is 0 Å². The Hall–Kier alpha value is -9.04. The van der Waals surface area contributed by atoms with E-state index >= 15 is 0 Å².